The van der Waals surface area contributed by atoms with E-state index < -0.39 is 11.7 Å². The van der Waals surface area contributed by atoms with Crippen LogP contribution in [0.2, 0.25) is 0 Å². The Hall–Kier alpha value is -1.76. The summed E-state index contributed by atoms with van der Waals surface area (Å²) < 4.78 is 38.4. The lowest BCUT2D eigenvalue weighted by Gasteiger charge is -2.35. The summed E-state index contributed by atoms with van der Waals surface area (Å²) in [4.78, 5) is 16.3. The van der Waals surface area contributed by atoms with Crippen LogP contribution < -0.4 is 10.6 Å². The number of alkyl halides is 3. The van der Waals surface area contributed by atoms with Gasteiger partial charge in [-0.15, -0.1) is 0 Å². The summed E-state index contributed by atoms with van der Waals surface area (Å²) in [6.45, 7) is 5.83. The molecule has 0 unspecified atom stereocenters. The Morgan fingerprint density at radius 3 is 2.39 bits per heavy atom. The first kappa shape index (κ1) is 21.0. The molecule has 156 valence electrons. The molecule has 4 nitrogen and oxygen atoms in total. The van der Waals surface area contributed by atoms with E-state index in [4.69, 9.17) is 5.73 Å². The predicted molar refractivity (Wildman–Crippen MR) is 104 cm³/mol. The number of anilines is 1. The fourth-order valence-electron chi connectivity index (χ4n) is 4.98. The van der Waals surface area contributed by atoms with Gasteiger partial charge in [-0.2, -0.15) is 13.2 Å². The highest BCUT2D eigenvalue weighted by atomic mass is 19.4. The first-order valence-electron chi connectivity index (χ1n) is 10.0. The average Bonchev–Trinajstić information content (AvgIpc) is 3.18. The molecule has 2 N–H and O–H groups in total. The number of rotatable bonds is 6. The number of nitrogens with zero attached hydrogens (tertiary/aromatic N) is 2. The van der Waals surface area contributed by atoms with Gasteiger partial charge in [-0.3, -0.25) is 9.69 Å². The number of nitrogens with two attached hydrogens (primary N) is 1. The normalized spacial score (nSPS) is 26.1. The molecule has 2 aliphatic rings. The van der Waals surface area contributed by atoms with Crippen molar-refractivity contribution in [2.45, 2.75) is 51.4 Å². The lowest BCUT2D eigenvalue weighted by atomic mass is 9.94. The third-order valence-electron chi connectivity index (χ3n) is 6.42. The van der Waals surface area contributed by atoms with Gasteiger partial charge in [0.2, 0.25) is 5.91 Å². The molecule has 3 rings (SSSR count). The molecule has 2 fully saturated rings. The fourth-order valence-corrected chi connectivity index (χ4v) is 4.98. The molecule has 1 aromatic carbocycles. The van der Waals surface area contributed by atoms with Crippen LogP contribution >= 0.6 is 0 Å². The monoisotopic (exact) mass is 397 g/mol. The molecule has 1 aliphatic heterocycles. The zero-order valence-corrected chi connectivity index (χ0v) is 16.7. The Morgan fingerprint density at radius 1 is 1.21 bits per heavy atom. The van der Waals surface area contributed by atoms with Crippen LogP contribution in [0, 0.1) is 17.8 Å². The first-order valence-corrected chi connectivity index (χ1v) is 10.0. The van der Waals surface area contributed by atoms with E-state index in [0.29, 0.717) is 17.8 Å². The quantitative estimate of drug-likeness (QED) is 0.795. The van der Waals surface area contributed by atoms with Crippen molar-refractivity contribution in [2.24, 2.45) is 23.5 Å². The number of halogens is 3. The molecule has 0 aromatic heterocycles. The molecule has 28 heavy (non-hydrogen) atoms. The van der Waals surface area contributed by atoms with E-state index in [-0.39, 0.29) is 18.0 Å². The van der Waals surface area contributed by atoms with Gasteiger partial charge in [-0.25, -0.2) is 0 Å². The van der Waals surface area contributed by atoms with E-state index in [1.165, 1.54) is 0 Å². The van der Waals surface area contributed by atoms with Gasteiger partial charge >= 0.3 is 6.18 Å². The topological polar surface area (TPSA) is 49.6 Å². The van der Waals surface area contributed by atoms with Gasteiger partial charge in [0, 0.05) is 24.8 Å². The molecule has 7 heteroatoms. The minimum Gasteiger partial charge on any atom is -0.371 e. The summed E-state index contributed by atoms with van der Waals surface area (Å²) in [7, 11) is 1.99. The number of carbonyl (C=O) groups is 1. The molecule has 0 radical (unpaired) electrons. The maximum absolute atomic E-state index is 12.8. The molecule has 1 aromatic rings. The van der Waals surface area contributed by atoms with Gasteiger partial charge in [0.05, 0.1) is 11.6 Å². The molecule has 1 aliphatic carbocycles. The molecule has 1 saturated carbocycles. The second-order valence-corrected chi connectivity index (χ2v) is 8.73. The summed E-state index contributed by atoms with van der Waals surface area (Å²) in [5.74, 6) is 1.00. The van der Waals surface area contributed by atoms with Crippen molar-refractivity contribution in [1.82, 2.24) is 4.90 Å². The highest BCUT2D eigenvalue weighted by molar-refractivity contribution is 5.79. The number of benzene rings is 1. The van der Waals surface area contributed by atoms with Crippen LogP contribution in [0.15, 0.2) is 24.3 Å². The van der Waals surface area contributed by atoms with Crippen LogP contribution in [0.5, 0.6) is 0 Å². The van der Waals surface area contributed by atoms with Gasteiger partial charge in [-0.05, 0) is 68.3 Å². The second-order valence-electron chi connectivity index (χ2n) is 8.73. The Morgan fingerprint density at radius 2 is 1.86 bits per heavy atom. The SMILES string of the molecule is CC(C)C[C@H](C(N)=O)N(C)[C@@H]1CC[C@H]2CN(c3ccc(C(F)(F)F)cc3)C[C@H]21. The van der Waals surface area contributed by atoms with Crippen LogP contribution in [-0.2, 0) is 11.0 Å². The van der Waals surface area contributed by atoms with Gasteiger partial charge < -0.3 is 10.6 Å². The van der Waals surface area contributed by atoms with Gasteiger partial charge in [-0.1, -0.05) is 13.8 Å². The van der Waals surface area contributed by atoms with Crippen molar-refractivity contribution in [3.63, 3.8) is 0 Å². The smallest absolute Gasteiger partial charge is 0.371 e. The van der Waals surface area contributed by atoms with E-state index >= 15 is 0 Å². The minimum atomic E-state index is -4.31. The summed E-state index contributed by atoms with van der Waals surface area (Å²) in [6, 6.07) is 5.43. The molecular weight excluding hydrogens is 367 g/mol. The molecule has 0 spiro atoms. The highest BCUT2D eigenvalue weighted by Crippen LogP contribution is 2.43. The van der Waals surface area contributed by atoms with E-state index in [0.717, 1.165) is 50.2 Å². The zero-order valence-electron chi connectivity index (χ0n) is 16.7. The van der Waals surface area contributed by atoms with Crippen molar-refractivity contribution >= 4 is 11.6 Å². The third kappa shape index (κ3) is 4.29. The van der Waals surface area contributed by atoms with Crippen LogP contribution in [0.25, 0.3) is 0 Å². The Labute approximate surface area is 164 Å². The van der Waals surface area contributed by atoms with Crippen molar-refractivity contribution in [1.29, 1.82) is 0 Å². The number of hydrogen-bond donors (Lipinski definition) is 1. The zero-order chi connectivity index (χ0) is 20.6. The number of carbonyl (C=O) groups excluding carboxylic acids is 1. The van der Waals surface area contributed by atoms with E-state index in [9.17, 15) is 18.0 Å². The average molecular weight is 397 g/mol. The molecule has 1 amide bonds. The predicted octanol–water partition coefficient (Wildman–Crippen LogP) is 3.75. The van der Waals surface area contributed by atoms with Crippen LogP contribution in [0.1, 0.15) is 38.7 Å². The summed E-state index contributed by atoms with van der Waals surface area (Å²) in [5, 5.41) is 0. The fraction of sp³-hybridized carbons (Fsp3) is 0.667. The molecule has 1 saturated heterocycles. The van der Waals surface area contributed by atoms with Crippen molar-refractivity contribution in [3.8, 4) is 0 Å². The van der Waals surface area contributed by atoms with Crippen molar-refractivity contribution < 1.29 is 18.0 Å². The molecular formula is C21H30F3N3O. The van der Waals surface area contributed by atoms with E-state index in [2.05, 4.69) is 23.6 Å². The van der Waals surface area contributed by atoms with Crippen LogP contribution in [-0.4, -0.2) is 43.0 Å². The van der Waals surface area contributed by atoms with Gasteiger partial charge in [0.15, 0.2) is 0 Å². The summed E-state index contributed by atoms with van der Waals surface area (Å²) >= 11 is 0. The first-order chi connectivity index (χ1) is 13.1. The number of likely N-dealkylation sites (N-methyl/N-ethyl adjacent to an activating group) is 1. The lowest BCUT2D eigenvalue weighted by Crippen LogP contribution is -2.50. The Bertz CT molecular complexity index is 689. The summed E-state index contributed by atoms with van der Waals surface area (Å²) in [5.41, 5.74) is 5.89. The summed E-state index contributed by atoms with van der Waals surface area (Å²) in [6.07, 6.45) is -1.46. The van der Waals surface area contributed by atoms with Gasteiger partial charge in [0.1, 0.15) is 0 Å². The van der Waals surface area contributed by atoms with Crippen LogP contribution in [0.3, 0.4) is 0 Å². The maximum atomic E-state index is 12.8. The highest BCUT2D eigenvalue weighted by Gasteiger charge is 2.46. The molecule has 1 heterocycles. The van der Waals surface area contributed by atoms with Crippen molar-refractivity contribution in [2.75, 3.05) is 25.0 Å². The Kier molecular flexibility index (Phi) is 5.94. The largest absolute Gasteiger partial charge is 0.416 e. The molecule has 0 bridgehead atoms. The number of hydrogen-bond acceptors (Lipinski definition) is 3. The van der Waals surface area contributed by atoms with Crippen molar-refractivity contribution in [3.05, 3.63) is 29.8 Å². The van der Waals surface area contributed by atoms with Gasteiger partial charge in [0.25, 0.3) is 0 Å². The van der Waals surface area contributed by atoms with E-state index in [1.807, 2.05) is 7.05 Å². The van der Waals surface area contributed by atoms with Crippen LogP contribution in [0.4, 0.5) is 18.9 Å². The number of amides is 1. The van der Waals surface area contributed by atoms with E-state index in [1.54, 1.807) is 12.1 Å². The Balaban J connectivity index is 1.70. The molecule has 4 atom stereocenters. The maximum Gasteiger partial charge on any atom is 0.416 e. The second kappa shape index (κ2) is 7.93. The third-order valence-corrected chi connectivity index (χ3v) is 6.42. The minimum absolute atomic E-state index is 0.274. The number of primary amides is 1. The lowest BCUT2D eigenvalue weighted by molar-refractivity contribution is -0.137. The standard InChI is InChI=1S/C21H30F3N3O/c1-13(2)10-19(20(25)28)26(3)18-9-4-14-11-27(12-17(14)18)16-7-5-15(6-8-16)21(22,23)24/h5-8,13-14,17-19H,4,9-12H2,1-3H3,(H2,25,28)/t14-,17+,18+,19+/m0/s1. The number of fused-ring (bicyclic) bond motifs is 1.